The Labute approximate surface area is 272 Å². The first-order chi connectivity index (χ1) is 22.4. The van der Waals surface area contributed by atoms with Gasteiger partial charge in [-0.2, -0.15) is 4.80 Å². The average Bonchev–Trinajstić information content (AvgIpc) is 3.53. The van der Waals surface area contributed by atoms with Crippen LogP contribution in [0.15, 0.2) is 107 Å². The van der Waals surface area contributed by atoms with Crippen LogP contribution >= 0.6 is 11.8 Å². The fraction of sp³-hybridized carbons (Fsp3) is 0.212. The molecule has 3 aromatic carbocycles. The van der Waals surface area contributed by atoms with E-state index in [9.17, 15) is 18.9 Å². The van der Waals surface area contributed by atoms with Crippen molar-refractivity contribution in [2.75, 3.05) is 11.5 Å². The van der Waals surface area contributed by atoms with E-state index < -0.39 is 40.6 Å². The number of thioether (sulfide) groups is 1. The van der Waals surface area contributed by atoms with E-state index in [-0.39, 0.29) is 36.1 Å². The highest BCUT2D eigenvalue weighted by atomic mass is 32.2. The first kappa shape index (κ1) is 31.1. The van der Waals surface area contributed by atoms with Crippen LogP contribution in [0.5, 0.6) is 0 Å². The molecule has 0 spiro atoms. The number of hydrogen-bond acceptors (Lipinski definition) is 9. The molecule has 11 nitrogen and oxygen atoms in total. The lowest BCUT2D eigenvalue weighted by Crippen LogP contribution is -2.75. The molecule has 1 saturated heterocycles. The minimum Gasteiger partial charge on any atom is -0.614 e. The molecule has 2 amide bonds. The minimum absolute atomic E-state index is 0.00328. The normalized spacial score (nSPS) is 18.8. The number of rotatable bonds is 11. The van der Waals surface area contributed by atoms with Gasteiger partial charge >= 0.3 is 5.97 Å². The number of amides is 2. The Morgan fingerprint density at radius 1 is 1.04 bits per heavy atom. The molecule has 1 fully saturated rings. The van der Waals surface area contributed by atoms with E-state index in [0.29, 0.717) is 10.7 Å². The topological polar surface area (TPSA) is 142 Å². The molecule has 2 aliphatic rings. The molecular weight excluding hydrogens is 625 g/mol. The number of tetrazole rings is 1. The Morgan fingerprint density at radius 3 is 2.30 bits per heavy atom. The Bertz CT molecular complexity index is 1760. The zero-order valence-electron chi connectivity index (χ0n) is 24.4. The molecule has 46 heavy (non-hydrogen) atoms. The van der Waals surface area contributed by atoms with E-state index in [4.69, 9.17) is 11.2 Å². The van der Waals surface area contributed by atoms with Crippen molar-refractivity contribution in [1.29, 1.82) is 0 Å². The first-order valence-corrected chi connectivity index (χ1v) is 16.7. The minimum atomic E-state index is -1.63. The summed E-state index contributed by atoms with van der Waals surface area (Å²) < 4.78 is 19.8. The van der Waals surface area contributed by atoms with E-state index in [0.717, 1.165) is 16.7 Å². The van der Waals surface area contributed by atoms with E-state index in [2.05, 4.69) is 26.6 Å². The third-order valence-corrected chi connectivity index (χ3v) is 9.96. The van der Waals surface area contributed by atoms with Gasteiger partial charge in [0.05, 0.1) is 6.42 Å². The molecule has 4 aromatic rings. The quantitative estimate of drug-likeness (QED) is 0.0851. The summed E-state index contributed by atoms with van der Waals surface area (Å²) >= 11 is -0.459. The van der Waals surface area contributed by atoms with Crippen LogP contribution in [0.1, 0.15) is 22.8 Å². The standard InChI is InChI=1S/C33H28N6O5S2/c1-2-18-38-36-33(35-37-38)45-20-25-21-46(43)31-27(34-26(40)19-22-12-6-3-7-13-22)30(41)39(31)28(25)32(42)44-29(23-14-8-4-9-15-23)24-16-10-5-11-17-24/h1,3-17,27,29,31H,18-21H2,(H,34,40)/t27?,31-,46?/m0/s1. The maximum absolute atomic E-state index is 14.1. The smallest absolute Gasteiger partial charge is 0.356 e. The second-order valence-corrected chi connectivity index (χ2v) is 13.0. The number of carbonyl (C=O) groups excluding carboxylic acids is 3. The molecule has 0 radical (unpaired) electrons. The van der Waals surface area contributed by atoms with Crippen LogP contribution in [0, 0.1) is 12.3 Å². The zero-order valence-corrected chi connectivity index (χ0v) is 26.0. The predicted molar refractivity (Wildman–Crippen MR) is 171 cm³/mol. The van der Waals surface area contributed by atoms with Crippen molar-refractivity contribution in [3.63, 3.8) is 0 Å². The van der Waals surface area contributed by atoms with Crippen molar-refractivity contribution in [2.24, 2.45) is 0 Å². The second-order valence-electron chi connectivity index (χ2n) is 10.5. The highest BCUT2D eigenvalue weighted by Gasteiger charge is 2.61. The highest BCUT2D eigenvalue weighted by molar-refractivity contribution is 7.99. The molecule has 232 valence electrons. The van der Waals surface area contributed by atoms with Crippen molar-refractivity contribution < 1.29 is 23.7 Å². The molecular formula is C33H28N6O5S2. The average molecular weight is 653 g/mol. The molecule has 0 saturated carbocycles. The zero-order chi connectivity index (χ0) is 32.0. The Hall–Kier alpha value is -4.90. The van der Waals surface area contributed by atoms with Gasteiger partial charge in [0.1, 0.15) is 18.0 Å². The molecule has 2 unspecified atom stereocenters. The second kappa shape index (κ2) is 14.0. The number of carbonyl (C=O) groups is 3. The lowest BCUT2D eigenvalue weighted by Gasteiger charge is -2.49. The number of benzene rings is 3. The third-order valence-electron chi connectivity index (χ3n) is 7.39. The summed E-state index contributed by atoms with van der Waals surface area (Å²) in [6.45, 7) is 0.138. The van der Waals surface area contributed by atoms with E-state index in [1.54, 1.807) is 0 Å². The summed E-state index contributed by atoms with van der Waals surface area (Å²) in [7, 11) is 0. The monoisotopic (exact) mass is 652 g/mol. The fourth-order valence-electron chi connectivity index (χ4n) is 5.29. The number of aromatic nitrogens is 4. The van der Waals surface area contributed by atoms with Crippen molar-refractivity contribution in [1.82, 2.24) is 30.4 Å². The van der Waals surface area contributed by atoms with Gasteiger partial charge in [0.15, 0.2) is 12.1 Å². The van der Waals surface area contributed by atoms with Gasteiger partial charge in [-0.25, -0.2) is 4.79 Å². The SMILES string of the molecule is C#CCn1nnc(SCC2=C(C(=O)OC(c3ccccc3)c3ccccc3)N3C(=O)C(NC(=O)Cc4ccccc4)[C@@H]3[S+]([O-])C2)n1. The fourth-order valence-corrected chi connectivity index (χ4v) is 7.89. The van der Waals surface area contributed by atoms with Crippen molar-refractivity contribution in [3.8, 4) is 12.3 Å². The molecule has 2 aliphatic heterocycles. The van der Waals surface area contributed by atoms with Crippen LogP contribution in [-0.4, -0.2) is 70.4 Å². The predicted octanol–water partition coefficient (Wildman–Crippen LogP) is 2.64. The molecule has 1 N–H and O–H groups in total. The summed E-state index contributed by atoms with van der Waals surface area (Å²) in [5.41, 5.74) is 2.69. The van der Waals surface area contributed by atoms with Gasteiger partial charge in [-0.05, 0) is 33.1 Å². The lowest BCUT2D eigenvalue weighted by atomic mass is 10.0. The van der Waals surface area contributed by atoms with Gasteiger partial charge in [0.2, 0.25) is 16.4 Å². The summed E-state index contributed by atoms with van der Waals surface area (Å²) in [4.78, 5) is 43.1. The van der Waals surface area contributed by atoms with Crippen LogP contribution < -0.4 is 5.32 Å². The number of nitrogens with one attached hydrogen (secondary N) is 1. The number of esters is 1. The van der Waals surface area contributed by atoms with E-state index >= 15 is 0 Å². The van der Waals surface area contributed by atoms with Crippen LogP contribution in [0.25, 0.3) is 0 Å². The summed E-state index contributed by atoms with van der Waals surface area (Å²) in [6, 6.07) is 26.6. The van der Waals surface area contributed by atoms with Gasteiger partial charge in [-0.3, -0.25) is 14.5 Å². The van der Waals surface area contributed by atoms with Gasteiger partial charge in [-0.1, -0.05) is 109 Å². The van der Waals surface area contributed by atoms with Gasteiger partial charge < -0.3 is 14.6 Å². The van der Waals surface area contributed by atoms with Crippen LogP contribution in [-0.2, 0) is 43.3 Å². The molecule has 6 rings (SSSR count). The number of fused-ring (bicyclic) bond motifs is 1. The van der Waals surface area contributed by atoms with E-state index in [1.165, 1.54) is 21.5 Å². The summed E-state index contributed by atoms with van der Waals surface area (Å²) in [5, 5.41) is 14.2. The van der Waals surface area contributed by atoms with Gasteiger partial charge in [0.25, 0.3) is 5.91 Å². The third kappa shape index (κ3) is 6.69. The summed E-state index contributed by atoms with van der Waals surface area (Å²) in [5.74, 6) is 0.884. The van der Waals surface area contributed by atoms with Crippen LogP contribution in [0.4, 0.5) is 0 Å². The Kier molecular flexibility index (Phi) is 9.49. The van der Waals surface area contributed by atoms with Gasteiger partial charge in [0, 0.05) is 11.3 Å². The highest BCUT2D eigenvalue weighted by Crippen LogP contribution is 2.40. The molecule has 3 heterocycles. The number of ether oxygens (including phenoxy) is 1. The molecule has 1 aromatic heterocycles. The first-order valence-electron chi connectivity index (χ1n) is 14.3. The molecule has 13 heteroatoms. The number of nitrogens with zero attached hydrogens (tertiary/aromatic N) is 5. The number of β-lactam (4-membered cyclic amide) rings is 1. The maximum Gasteiger partial charge on any atom is 0.356 e. The number of terminal acetylenes is 1. The Morgan fingerprint density at radius 2 is 1.67 bits per heavy atom. The van der Waals surface area contributed by atoms with Crippen molar-refractivity contribution >= 4 is 40.7 Å². The van der Waals surface area contributed by atoms with Gasteiger partial charge in [-0.15, -0.1) is 16.6 Å². The van der Waals surface area contributed by atoms with Crippen LogP contribution in [0.3, 0.4) is 0 Å². The molecule has 0 bridgehead atoms. The lowest BCUT2D eigenvalue weighted by molar-refractivity contribution is -0.155. The molecule has 3 atom stereocenters. The van der Waals surface area contributed by atoms with Crippen molar-refractivity contribution in [3.05, 3.63) is 119 Å². The Balaban J connectivity index is 1.29. The van der Waals surface area contributed by atoms with E-state index in [1.807, 2.05) is 91.0 Å². The number of hydrogen-bond donors (Lipinski definition) is 1. The largest absolute Gasteiger partial charge is 0.614 e. The van der Waals surface area contributed by atoms with Crippen molar-refractivity contribution in [2.45, 2.75) is 35.6 Å². The summed E-state index contributed by atoms with van der Waals surface area (Å²) in [6.07, 6.45) is 4.62. The maximum atomic E-state index is 14.1. The van der Waals surface area contributed by atoms with Crippen LogP contribution in [0.2, 0.25) is 0 Å². The molecule has 0 aliphatic carbocycles.